The Labute approximate surface area is 174 Å². The second-order valence-electron chi connectivity index (χ2n) is 6.87. The Bertz CT molecular complexity index is 1490. The van der Waals surface area contributed by atoms with Crippen molar-refractivity contribution < 1.29 is 23.9 Å². The number of carbonyl (C=O) groups excluding carboxylic acids is 3. The van der Waals surface area contributed by atoms with E-state index in [-0.39, 0.29) is 28.3 Å². The molecular weight excluding hydrogens is 400 g/mol. The first-order chi connectivity index (χ1) is 14.9. The van der Waals surface area contributed by atoms with Gasteiger partial charge in [-0.05, 0) is 48.0 Å². The highest BCUT2D eigenvalue weighted by molar-refractivity contribution is 6.34. The largest absolute Gasteiger partial charge is 0.545 e. The number of aromatic carboxylic acids is 1. The Morgan fingerprint density at radius 1 is 0.871 bits per heavy atom. The van der Waals surface area contributed by atoms with Gasteiger partial charge in [-0.3, -0.25) is 9.59 Å². The summed E-state index contributed by atoms with van der Waals surface area (Å²) < 4.78 is 5.30. The first-order valence-electron chi connectivity index (χ1n) is 9.18. The lowest BCUT2D eigenvalue weighted by Crippen LogP contribution is -2.30. The average Bonchev–Trinajstić information content (AvgIpc) is 3.03. The van der Waals surface area contributed by atoms with Crippen LogP contribution in [0.15, 0.2) is 75.9 Å². The van der Waals surface area contributed by atoms with Gasteiger partial charge in [0.05, 0.1) is 33.7 Å². The highest BCUT2D eigenvalue weighted by Gasteiger charge is 2.37. The van der Waals surface area contributed by atoms with Crippen molar-refractivity contribution in [3.8, 4) is 11.5 Å². The third kappa shape index (κ3) is 2.89. The third-order valence-corrected chi connectivity index (χ3v) is 5.01. The number of carboxylic acid groups (broad SMARTS) is 1. The Balaban J connectivity index is 1.59. The molecule has 8 heteroatoms. The summed E-state index contributed by atoms with van der Waals surface area (Å²) in [6.07, 6.45) is 0. The molecule has 0 saturated carbocycles. The molecule has 0 bridgehead atoms. The molecule has 1 aliphatic heterocycles. The lowest BCUT2D eigenvalue weighted by Gasteiger charge is -2.15. The normalized spacial score (nSPS) is 13.0. The van der Waals surface area contributed by atoms with Gasteiger partial charge in [0.25, 0.3) is 11.8 Å². The lowest BCUT2D eigenvalue weighted by molar-refractivity contribution is -0.255. The van der Waals surface area contributed by atoms with E-state index in [2.05, 4.69) is 4.98 Å². The molecule has 1 aliphatic rings. The summed E-state index contributed by atoms with van der Waals surface area (Å²) in [5, 5.41) is 11.5. The maximum Gasteiger partial charge on any atom is 0.347 e. The Morgan fingerprint density at radius 3 is 2.45 bits per heavy atom. The van der Waals surface area contributed by atoms with E-state index in [1.165, 1.54) is 42.5 Å². The smallest absolute Gasteiger partial charge is 0.347 e. The maximum absolute atomic E-state index is 13.0. The summed E-state index contributed by atoms with van der Waals surface area (Å²) in [6, 6.07) is 16.5. The number of imide groups is 1. The van der Waals surface area contributed by atoms with Crippen molar-refractivity contribution in [2.45, 2.75) is 0 Å². The van der Waals surface area contributed by atoms with E-state index in [1.807, 2.05) is 0 Å². The molecule has 0 fully saturated rings. The molecule has 0 radical (unpaired) electrons. The molecule has 4 aromatic rings. The number of fused-ring (bicyclic) bond motifs is 2. The fraction of sp³-hybridized carbons (Fsp3) is 0. The van der Waals surface area contributed by atoms with Crippen LogP contribution in [0.1, 0.15) is 31.1 Å². The van der Waals surface area contributed by atoms with E-state index in [9.17, 15) is 24.3 Å². The molecule has 0 saturated heterocycles. The number of benzene rings is 3. The predicted molar refractivity (Wildman–Crippen MR) is 108 cm³/mol. The van der Waals surface area contributed by atoms with Crippen molar-refractivity contribution in [2.75, 3.05) is 4.90 Å². The highest BCUT2D eigenvalue weighted by Crippen LogP contribution is 2.31. The quantitative estimate of drug-likeness (QED) is 0.473. The molecule has 2 amide bonds. The van der Waals surface area contributed by atoms with E-state index < -0.39 is 23.4 Å². The molecule has 0 N–H and O–H groups in total. The molecule has 150 valence electrons. The van der Waals surface area contributed by atoms with Crippen LogP contribution in [0.3, 0.4) is 0 Å². The number of para-hydroxylation sites is 1. The van der Waals surface area contributed by atoms with Gasteiger partial charge < -0.3 is 14.3 Å². The topological polar surface area (TPSA) is 121 Å². The zero-order valence-corrected chi connectivity index (χ0v) is 15.7. The number of aromatic nitrogens is 1. The minimum atomic E-state index is -1.42. The van der Waals surface area contributed by atoms with Crippen LogP contribution in [-0.2, 0) is 0 Å². The highest BCUT2D eigenvalue weighted by atomic mass is 16.4. The van der Waals surface area contributed by atoms with Crippen molar-refractivity contribution in [3.05, 3.63) is 93.8 Å². The van der Waals surface area contributed by atoms with Gasteiger partial charge >= 0.3 is 5.63 Å². The molecule has 2 heterocycles. The summed E-state index contributed by atoms with van der Waals surface area (Å²) in [4.78, 5) is 54.4. The van der Waals surface area contributed by atoms with E-state index in [0.717, 1.165) is 4.90 Å². The van der Waals surface area contributed by atoms with Crippen LogP contribution in [0.4, 0.5) is 5.69 Å². The van der Waals surface area contributed by atoms with Crippen molar-refractivity contribution in [1.29, 1.82) is 0 Å². The van der Waals surface area contributed by atoms with Gasteiger partial charge in [-0.2, -0.15) is 0 Å². The van der Waals surface area contributed by atoms with Crippen LogP contribution in [0, 0.1) is 0 Å². The molecule has 3 aromatic carbocycles. The lowest BCUT2D eigenvalue weighted by atomic mass is 10.1. The first kappa shape index (κ1) is 18.4. The maximum atomic E-state index is 13.0. The fourth-order valence-corrected chi connectivity index (χ4v) is 3.52. The Hall–Kier alpha value is -4.59. The van der Waals surface area contributed by atoms with Crippen LogP contribution in [0.2, 0.25) is 0 Å². The van der Waals surface area contributed by atoms with E-state index in [1.54, 1.807) is 24.3 Å². The third-order valence-electron chi connectivity index (χ3n) is 5.01. The van der Waals surface area contributed by atoms with Crippen molar-refractivity contribution in [3.63, 3.8) is 0 Å². The van der Waals surface area contributed by atoms with Gasteiger partial charge in [-0.1, -0.05) is 24.3 Å². The van der Waals surface area contributed by atoms with Crippen LogP contribution in [0.5, 0.6) is 0 Å². The number of anilines is 1. The molecule has 8 nitrogen and oxygen atoms in total. The van der Waals surface area contributed by atoms with Gasteiger partial charge in [0.15, 0.2) is 0 Å². The summed E-state index contributed by atoms with van der Waals surface area (Å²) in [6.45, 7) is 0. The van der Waals surface area contributed by atoms with Crippen LogP contribution in [-0.4, -0.2) is 22.8 Å². The zero-order chi connectivity index (χ0) is 21.7. The minimum Gasteiger partial charge on any atom is -0.545 e. The first-order valence-corrected chi connectivity index (χ1v) is 9.18. The summed E-state index contributed by atoms with van der Waals surface area (Å²) in [7, 11) is 0. The summed E-state index contributed by atoms with van der Waals surface area (Å²) in [5.41, 5.74) is 0.436. The molecule has 0 unspecified atom stereocenters. The van der Waals surface area contributed by atoms with Crippen LogP contribution < -0.4 is 15.6 Å². The van der Waals surface area contributed by atoms with Gasteiger partial charge in [0.1, 0.15) is 0 Å². The Kier molecular flexibility index (Phi) is 4.01. The van der Waals surface area contributed by atoms with E-state index in [0.29, 0.717) is 16.5 Å². The zero-order valence-electron chi connectivity index (χ0n) is 15.7. The number of rotatable bonds is 3. The van der Waals surface area contributed by atoms with Gasteiger partial charge in [0, 0.05) is 5.56 Å². The monoisotopic (exact) mass is 411 g/mol. The molecular formula is C23H11N2O6-. The molecule has 0 spiro atoms. The standard InChI is InChI=1S/C23H12N2O6/c26-20-15-9-8-12(19-24-18-7-2-1-6-16(18)23(30)31-19)11-17(15)21(27)25(20)14-5-3-4-13(10-14)22(28)29/h1-11H,(H,28,29)/p-1. The number of hydrogen-bond donors (Lipinski definition) is 0. The van der Waals surface area contributed by atoms with Gasteiger partial charge in [-0.15, -0.1) is 0 Å². The molecule has 31 heavy (non-hydrogen) atoms. The van der Waals surface area contributed by atoms with Crippen LogP contribution in [0.25, 0.3) is 22.4 Å². The number of amides is 2. The summed E-state index contributed by atoms with van der Waals surface area (Å²) in [5.74, 6) is -2.61. The number of hydrogen-bond acceptors (Lipinski definition) is 7. The number of carboxylic acids is 1. The van der Waals surface area contributed by atoms with Gasteiger partial charge in [-0.25, -0.2) is 14.7 Å². The second kappa shape index (κ2) is 6.74. The van der Waals surface area contributed by atoms with Crippen molar-refractivity contribution in [1.82, 2.24) is 4.98 Å². The molecule has 1 aromatic heterocycles. The van der Waals surface area contributed by atoms with Gasteiger partial charge in [0.2, 0.25) is 5.89 Å². The Morgan fingerprint density at radius 2 is 1.65 bits per heavy atom. The molecule has 0 atom stereocenters. The molecule has 5 rings (SSSR count). The molecule has 0 aliphatic carbocycles. The number of nitrogens with zero attached hydrogens (tertiary/aromatic N) is 2. The van der Waals surface area contributed by atoms with E-state index >= 15 is 0 Å². The van der Waals surface area contributed by atoms with Crippen LogP contribution >= 0.6 is 0 Å². The van der Waals surface area contributed by atoms with Crippen molar-refractivity contribution in [2.24, 2.45) is 0 Å². The van der Waals surface area contributed by atoms with Crippen molar-refractivity contribution >= 4 is 34.4 Å². The minimum absolute atomic E-state index is 0.0177. The second-order valence-corrected chi connectivity index (χ2v) is 6.87. The number of carbonyl (C=O) groups is 3. The van der Waals surface area contributed by atoms with E-state index in [4.69, 9.17) is 4.42 Å². The summed E-state index contributed by atoms with van der Waals surface area (Å²) >= 11 is 0. The average molecular weight is 411 g/mol. The SMILES string of the molecule is O=C([O-])c1cccc(N2C(=O)c3ccc(-c4nc5ccccc5c(=O)o4)cc3C2=O)c1. The fourth-order valence-electron chi connectivity index (χ4n) is 3.52. The predicted octanol–water partition coefficient (Wildman–Crippen LogP) is 2.02.